The molecule has 0 bridgehead atoms. The number of benzene rings is 1. The van der Waals surface area contributed by atoms with Crippen LogP contribution in [-0.4, -0.2) is 47.8 Å². The van der Waals surface area contributed by atoms with Crippen LogP contribution in [0.5, 0.6) is 0 Å². The number of carboxylic acids is 1. The van der Waals surface area contributed by atoms with E-state index in [4.69, 9.17) is 9.84 Å². The van der Waals surface area contributed by atoms with Crippen LogP contribution >= 0.6 is 0 Å². The lowest BCUT2D eigenvalue weighted by molar-refractivity contribution is -0.0134. The highest BCUT2D eigenvalue weighted by molar-refractivity contribution is 5.95. The van der Waals surface area contributed by atoms with Crippen molar-refractivity contribution < 1.29 is 19.4 Å². The molecule has 2 rings (SSSR count). The van der Waals surface area contributed by atoms with Gasteiger partial charge in [0.15, 0.2) is 0 Å². The minimum atomic E-state index is -0.999. The first kappa shape index (κ1) is 15.3. The van der Waals surface area contributed by atoms with Crippen molar-refractivity contribution in [1.82, 2.24) is 4.90 Å². The number of anilines is 1. The van der Waals surface area contributed by atoms with Gasteiger partial charge in [-0.2, -0.15) is 0 Å². The number of aromatic carboxylic acids is 1. The Morgan fingerprint density at radius 1 is 1.48 bits per heavy atom. The normalized spacial score (nSPS) is 18.4. The fraction of sp³-hybridized carbons (Fsp3) is 0.467. The maximum Gasteiger partial charge on any atom is 0.336 e. The highest BCUT2D eigenvalue weighted by Crippen LogP contribution is 2.20. The number of rotatable bonds is 3. The molecule has 1 saturated heterocycles. The molecule has 6 heteroatoms. The molecule has 0 spiro atoms. The smallest absolute Gasteiger partial charge is 0.336 e. The molecule has 0 radical (unpaired) electrons. The second kappa shape index (κ2) is 6.58. The van der Waals surface area contributed by atoms with Crippen LogP contribution in [0.4, 0.5) is 10.5 Å². The summed E-state index contributed by atoms with van der Waals surface area (Å²) in [7, 11) is 0. The summed E-state index contributed by atoms with van der Waals surface area (Å²) in [5, 5.41) is 11.9. The van der Waals surface area contributed by atoms with Crippen molar-refractivity contribution in [3.05, 3.63) is 29.3 Å². The van der Waals surface area contributed by atoms with Crippen LogP contribution in [0.25, 0.3) is 0 Å². The predicted molar refractivity (Wildman–Crippen MR) is 78.8 cm³/mol. The average Bonchev–Trinajstić information content (AvgIpc) is 2.49. The van der Waals surface area contributed by atoms with Crippen molar-refractivity contribution >= 4 is 17.7 Å². The van der Waals surface area contributed by atoms with Gasteiger partial charge in [-0.3, -0.25) is 0 Å². The Labute approximate surface area is 123 Å². The molecule has 6 nitrogen and oxygen atoms in total. The molecule has 1 heterocycles. The first-order chi connectivity index (χ1) is 10.0. The number of nitrogens with one attached hydrogen (secondary N) is 1. The Morgan fingerprint density at radius 2 is 2.24 bits per heavy atom. The molecule has 2 N–H and O–H groups in total. The van der Waals surface area contributed by atoms with E-state index in [0.717, 1.165) is 6.42 Å². The third-order valence-corrected chi connectivity index (χ3v) is 3.69. The Hall–Kier alpha value is -2.08. The molecule has 1 aromatic carbocycles. The standard InChI is InChI=1S/C15H20N2O4/c1-3-11-9-17(7-8-21-11)15(20)16-13-6-4-5-12(10(13)2)14(18)19/h4-6,11H,3,7-9H2,1-2H3,(H,16,20)(H,18,19). The van der Waals surface area contributed by atoms with Gasteiger partial charge in [0.25, 0.3) is 0 Å². The third-order valence-electron chi connectivity index (χ3n) is 3.69. The molecule has 1 unspecified atom stereocenters. The molecule has 1 fully saturated rings. The van der Waals surface area contributed by atoms with E-state index in [0.29, 0.717) is 30.9 Å². The van der Waals surface area contributed by atoms with E-state index in [1.54, 1.807) is 24.0 Å². The SMILES string of the molecule is CCC1CN(C(=O)Nc2cccc(C(=O)O)c2C)CCO1. The van der Waals surface area contributed by atoms with Gasteiger partial charge >= 0.3 is 12.0 Å². The maximum atomic E-state index is 12.3. The summed E-state index contributed by atoms with van der Waals surface area (Å²) in [5.74, 6) is -0.999. The van der Waals surface area contributed by atoms with E-state index >= 15 is 0 Å². The van der Waals surface area contributed by atoms with Crippen LogP contribution in [0.15, 0.2) is 18.2 Å². The van der Waals surface area contributed by atoms with Crippen LogP contribution in [-0.2, 0) is 4.74 Å². The lowest BCUT2D eigenvalue weighted by Crippen LogP contribution is -2.47. The number of carboxylic acid groups (broad SMARTS) is 1. The second-order valence-corrected chi connectivity index (χ2v) is 5.06. The lowest BCUT2D eigenvalue weighted by atomic mass is 10.1. The molecule has 2 amide bonds. The van der Waals surface area contributed by atoms with E-state index < -0.39 is 5.97 Å². The van der Waals surface area contributed by atoms with Crippen LogP contribution in [0.1, 0.15) is 29.3 Å². The maximum absolute atomic E-state index is 12.3. The van der Waals surface area contributed by atoms with Gasteiger partial charge in [0.05, 0.1) is 18.3 Å². The molecule has 21 heavy (non-hydrogen) atoms. The van der Waals surface area contributed by atoms with E-state index in [1.165, 1.54) is 6.07 Å². The van der Waals surface area contributed by atoms with E-state index in [2.05, 4.69) is 5.32 Å². The van der Waals surface area contributed by atoms with Gasteiger partial charge in [-0.25, -0.2) is 9.59 Å². The molecule has 0 aromatic heterocycles. The van der Waals surface area contributed by atoms with Crippen molar-refractivity contribution in [3.8, 4) is 0 Å². The largest absolute Gasteiger partial charge is 0.478 e. The fourth-order valence-corrected chi connectivity index (χ4v) is 2.35. The van der Waals surface area contributed by atoms with Crippen molar-refractivity contribution in [1.29, 1.82) is 0 Å². The Bertz CT molecular complexity index is 544. The molecule has 1 aromatic rings. The van der Waals surface area contributed by atoms with Gasteiger partial charge < -0.3 is 20.1 Å². The minimum Gasteiger partial charge on any atom is -0.478 e. The van der Waals surface area contributed by atoms with Crippen LogP contribution in [0.2, 0.25) is 0 Å². The van der Waals surface area contributed by atoms with Crippen LogP contribution < -0.4 is 5.32 Å². The van der Waals surface area contributed by atoms with Gasteiger partial charge in [-0.1, -0.05) is 13.0 Å². The van der Waals surface area contributed by atoms with Gasteiger partial charge in [0, 0.05) is 18.8 Å². The Kier molecular flexibility index (Phi) is 4.80. The molecular weight excluding hydrogens is 272 g/mol. The summed E-state index contributed by atoms with van der Waals surface area (Å²) >= 11 is 0. The Morgan fingerprint density at radius 3 is 2.90 bits per heavy atom. The number of hydrogen-bond acceptors (Lipinski definition) is 3. The summed E-state index contributed by atoms with van der Waals surface area (Å²) in [6.07, 6.45) is 0.924. The Balaban J connectivity index is 2.09. The summed E-state index contributed by atoms with van der Waals surface area (Å²) in [4.78, 5) is 25.1. The highest BCUT2D eigenvalue weighted by atomic mass is 16.5. The summed E-state index contributed by atoms with van der Waals surface area (Å²) in [6.45, 7) is 5.33. The zero-order valence-electron chi connectivity index (χ0n) is 12.3. The van der Waals surface area contributed by atoms with Crippen molar-refractivity contribution in [2.45, 2.75) is 26.4 Å². The summed E-state index contributed by atoms with van der Waals surface area (Å²) in [5.41, 5.74) is 1.28. The lowest BCUT2D eigenvalue weighted by Gasteiger charge is -2.32. The molecule has 114 valence electrons. The molecule has 0 saturated carbocycles. The fourth-order valence-electron chi connectivity index (χ4n) is 2.35. The monoisotopic (exact) mass is 292 g/mol. The number of ether oxygens (including phenoxy) is 1. The highest BCUT2D eigenvalue weighted by Gasteiger charge is 2.23. The van der Waals surface area contributed by atoms with Gasteiger partial charge in [-0.05, 0) is 31.0 Å². The minimum absolute atomic E-state index is 0.0657. The quantitative estimate of drug-likeness (QED) is 0.896. The van der Waals surface area contributed by atoms with Crippen LogP contribution in [0, 0.1) is 6.92 Å². The van der Waals surface area contributed by atoms with E-state index in [1.807, 2.05) is 6.92 Å². The number of urea groups is 1. The van der Waals surface area contributed by atoms with Crippen molar-refractivity contribution in [2.24, 2.45) is 0 Å². The molecule has 0 aliphatic carbocycles. The number of carbonyl (C=O) groups excluding carboxylic acids is 1. The molecular formula is C15H20N2O4. The molecule has 1 aliphatic rings. The summed E-state index contributed by atoms with van der Waals surface area (Å²) < 4.78 is 5.53. The topological polar surface area (TPSA) is 78.9 Å². The van der Waals surface area contributed by atoms with E-state index in [-0.39, 0.29) is 17.7 Å². The van der Waals surface area contributed by atoms with Crippen molar-refractivity contribution in [3.63, 3.8) is 0 Å². The second-order valence-electron chi connectivity index (χ2n) is 5.06. The molecule has 1 aliphatic heterocycles. The first-order valence-electron chi connectivity index (χ1n) is 7.03. The number of nitrogens with zero attached hydrogens (tertiary/aromatic N) is 1. The first-order valence-corrected chi connectivity index (χ1v) is 7.03. The third kappa shape index (κ3) is 3.52. The zero-order chi connectivity index (χ0) is 15.4. The van der Waals surface area contributed by atoms with Crippen molar-refractivity contribution in [2.75, 3.05) is 25.0 Å². The number of hydrogen-bond donors (Lipinski definition) is 2. The predicted octanol–water partition coefficient (Wildman–Crippen LogP) is 2.34. The number of carbonyl (C=O) groups is 2. The van der Waals surface area contributed by atoms with Gasteiger partial charge in [0.2, 0.25) is 0 Å². The summed E-state index contributed by atoms with van der Waals surface area (Å²) in [6, 6.07) is 4.63. The molecule has 1 atom stereocenters. The van der Waals surface area contributed by atoms with Gasteiger partial charge in [-0.15, -0.1) is 0 Å². The number of amides is 2. The van der Waals surface area contributed by atoms with Crippen LogP contribution in [0.3, 0.4) is 0 Å². The number of morpholine rings is 1. The zero-order valence-corrected chi connectivity index (χ0v) is 12.3. The van der Waals surface area contributed by atoms with E-state index in [9.17, 15) is 9.59 Å². The van der Waals surface area contributed by atoms with Gasteiger partial charge in [0.1, 0.15) is 0 Å². The average molecular weight is 292 g/mol.